The molecule has 0 aromatic heterocycles. The minimum Gasteiger partial charge on any atom is -0.508 e. The van der Waals surface area contributed by atoms with Gasteiger partial charge in [0.25, 0.3) is 0 Å². The van der Waals surface area contributed by atoms with E-state index in [2.05, 4.69) is 5.32 Å². The van der Waals surface area contributed by atoms with Crippen LogP contribution >= 0.6 is 0 Å². The van der Waals surface area contributed by atoms with Crippen LogP contribution in [-0.2, 0) is 0 Å². The van der Waals surface area contributed by atoms with Crippen LogP contribution in [0.2, 0.25) is 0 Å². The van der Waals surface area contributed by atoms with Gasteiger partial charge in [0.05, 0.1) is 18.8 Å². The van der Waals surface area contributed by atoms with Gasteiger partial charge < -0.3 is 25.7 Å². The number of phenolic OH excluding ortho intramolecular Hbond substituents is 2. The third-order valence-electron chi connectivity index (χ3n) is 2.74. The van der Waals surface area contributed by atoms with Crippen LogP contribution in [0.5, 0.6) is 11.5 Å². The van der Waals surface area contributed by atoms with Gasteiger partial charge in [-0.15, -0.1) is 0 Å². The first-order valence-corrected chi connectivity index (χ1v) is 5.43. The first-order valence-electron chi connectivity index (χ1n) is 5.43. The van der Waals surface area contributed by atoms with Crippen molar-refractivity contribution in [2.24, 2.45) is 0 Å². The molecule has 96 valence electrons. The van der Waals surface area contributed by atoms with Crippen molar-refractivity contribution in [2.75, 3.05) is 13.2 Å². The zero-order valence-electron chi connectivity index (χ0n) is 10.0. The molecule has 0 spiro atoms. The molecule has 1 rings (SSSR count). The highest BCUT2D eigenvalue weighted by Gasteiger charge is 2.25. The van der Waals surface area contributed by atoms with E-state index < -0.39 is 5.54 Å². The van der Waals surface area contributed by atoms with Gasteiger partial charge in [-0.2, -0.15) is 0 Å². The Morgan fingerprint density at radius 2 is 1.82 bits per heavy atom. The number of benzene rings is 1. The highest BCUT2D eigenvalue weighted by molar-refractivity contribution is 5.40. The molecule has 5 heteroatoms. The third kappa shape index (κ3) is 3.33. The fourth-order valence-corrected chi connectivity index (χ4v) is 1.64. The molecule has 0 heterocycles. The van der Waals surface area contributed by atoms with Gasteiger partial charge in [0.2, 0.25) is 0 Å². The molecule has 1 aromatic rings. The van der Waals surface area contributed by atoms with Gasteiger partial charge in [0.1, 0.15) is 11.5 Å². The molecular weight excluding hydrogens is 222 g/mol. The first kappa shape index (κ1) is 13.8. The first-order chi connectivity index (χ1) is 7.91. The smallest absolute Gasteiger partial charge is 0.124 e. The Kier molecular flexibility index (Phi) is 4.34. The lowest BCUT2D eigenvalue weighted by Crippen LogP contribution is -2.49. The zero-order valence-corrected chi connectivity index (χ0v) is 10.0. The second kappa shape index (κ2) is 5.35. The van der Waals surface area contributed by atoms with Crippen molar-refractivity contribution in [3.8, 4) is 11.5 Å². The summed E-state index contributed by atoms with van der Waals surface area (Å²) in [6, 6.07) is 4.06. The van der Waals surface area contributed by atoms with E-state index in [4.69, 9.17) is 10.2 Å². The fraction of sp³-hybridized carbons (Fsp3) is 0.500. The number of hydrogen-bond acceptors (Lipinski definition) is 5. The fourth-order valence-electron chi connectivity index (χ4n) is 1.64. The Morgan fingerprint density at radius 3 is 2.29 bits per heavy atom. The number of rotatable bonds is 5. The highest BCUT2D eigenvalue weighted by Crippen LogP contribution is 2.28. The number of hydrogen-bond donors (Lipinski definition) is 5. The topological polar surface area (TPSA) is 93.0 Å². The summed E-state index contributed by atoms with van der Waals surface area (Å²) in [6.07, 6.45) is 0. The van der Waals surface area contributed by atoms with E-state index in [1.165, 1.54) is 12.1 Å². The largest absolute Gasteiger partial charge is 0.508 e. The molecule has 0 aliphatic rings. The number of aliphatic hydroxyl groups excluding tert-OH is 2. The minimum absolute atomic E-state index is 0.00877. The van der Waals surface area contributed by atoms with Gasteiger partial charge in [-0.1, -0.05) is 6.07 Å². The SMILES string of the molecule is CC(NC(C)(CO)CO)c1ccc(O)cc1O. The number of aromatic hydroxyl groups is 2. The Morgan fingerprint density at radius 1 is 1.24 bits per heavy atom. The van der Waals surface area contributed by atoms with Gasteiger partial charge in [-0.25, -0.2) is 0 Å². The number of aliphatic hydroxyl groups is 2. The van der Waals surface area contributed by atoms with Gasteiger partial charge in [0, 0.05) is 17.7 Å². The van der Waals surface area contributed by atoms with Crippen LogP contribution in [0.4, 0.5) is 0 Å². The molecule has 0 aliphatic heterocycles. The molecule has 1 unspecified atom stereocenters. The average Bonchev–Trinajstić information content (AvgIpc) is 2.28. The van der Waals surface area contributed by atoms with E-state index in [0.717, 1.165) is 0 Å². The second-order valence-electron chi connectivity index (χ2n) is 4.49. The van der Waals surface area contributed by atoms with Gasteiger partial charge in [-0.05, 0) is 19.9 Å². The molecule has 0 amide bonds. The Labute approximate surface area is 100 Å². The monoisotopic (exact) mass is 241 g/mol. The Balaban J connectivity index is 2.86. The maximum Gasteiger partial charge on any atom is 0.124 e. The standard InChI is InChI=1S/C12H19NO4/c1-8(13-12(2,6-14)7-15)10-4-3-9(16)5-11(10)17/h3-5,8,13-17H,6-7H2,1-2H3. The van der Waals surface area contributed by atoms with Crippen molar-refractivity contribution in [3.63, 3.8) is 0 Å². The average molecular weight is 241 g/mol. The van der Waals surface area contributed by atoms with Crippen LogP contribution in [0.15, 0.2) is 18.2 Å². The molecule has 0 radical (unpaired) electrons. The van der Waals surface area contributed by atoms with Crippen LogP contribution in [0.1, 0.15) is 25.5 Å². The summed E-state index contributed by atoms with van der Waals surface area (Å²) in [5.74, 6) is -0.0336. The number of phenols is 2. The third-order valence-corrected chi connectivity index (χ3v) is 2.74. The molecule has 0 aliphatic carbocycles. The predicted molar refractivity (Wildman–Crippen MR) is 63.9 cm³/mol. The molecule has 17 heavy (non-hydrogen) atoms. The summed E-state index contributed by atoms with van der Waals surface area (Å²) in [5.41, 5.74) is -0.222. The molecular formula is C12H19NO4. The molecule has 0 saturated carbocycles. The second-order valence-corrected chi connectivity index (χ2v) is 4.49. The van der Waals surface area contributed by atoms with Crippen LogP contribution in [0.3, 0.4) is 0 Å². The van der Waals surface area contributed by atoms with Gasteiger partial charge in [0.15, 0.2) is 0 Å². The zero-order chi connectivity index (χ0) is 13.1. The van der Waals surface area contributed by atoms with Crippen LogP contribution in [0.25, 0.3) is 0 Å². The van der Waals surface area contributed by atoms with Crippen molar-refractivity contribution in [1.29, 1.82) is 0 Å². The molecule has 1 atom stereocenters. The molecule has 5 nitrogen and oxygen atoms in total. The normalized spacial score (nSPS) is 13.6. The molecule has 0 saturated heterocycles. The van der Waals surface area contributed by atoms with Crippen LogP contribution < -0.4 is 5.32 Å². The lowest BCUT2D eigenvalue weighted by atomic mass is 10.00. The van der Waals surface area contributed by atoms with Gasteiger partial charge >= 0.3 is 0 Å². The highest BCUT2D eigenvalue weighted by atomic mass is 16.3. The Bertz CT molecular complexity index is 377. The van der Waals surface area contributed by atoms with E-state index in [1.54, 1.807) is 19.9 Å². The summed E-state index contributed by atoms with van der Waals surface area (Å²) in [7, 11) is 0. The van der Waals surface area contributed by atoms with Crippen molar-refractivity contribution in [1.82, 2.24) is 5.32 Å². The van der Waals surface area contributed by atoms with E-state index in [0.29, 0.717) is 5.56 Å². The quantitative estimate of drug-likeness (QED) is 0.517. The van der Waals surface area contributed by atoms with E-state index >= 15 is 0 Å². The Hall–Kier alpha value is -1.30. The van der Waals surface area contributed by atoms with Crippen molar-refractivity contribution < 1.29 is 20.4 Å². The van der Waals surface area contributed by atoms with Crippen LogP contribution in [0, 0.1) is 0 Å². The number of nitrogens with one attached hydrogen (secondary N) is 1. The molecule has 1 aromatic carbocycles. The van der Waals surface area contributed by atoms with Crippen molar-refractivity contribution >= 4 is 0 Å². The summed E-state index contributed by atoms with van der Waals surface area (Å²) >= 11 is 0. The summed E-state index contributed by atoms with van der Waals surface area (Å²) in [5, 5.41) is 40.2. The summed E-state index contributed by atoms with van der Waals surface area (Å²) in [6.45, 7) is 3.05. The van der Waals surface area contributed by atoms with E-state index in [-0.39, 0.29) is 30.8 Å². The summed E-state index contributed by atoms with van der Waals surface area (Å²) in [4.78, 5) is 0. The lowest BCUT2D eigenvalue weighted by Gasteiger charge is -2.30. The predicted octanol–water partition coefficient (Wildman–Crippen LogP) is 0.492. The lowest BCUT2D eigenvalue weighted by molar-refractivity contribution is 0.0954. The van der Waals surface area contributed by atoms with E-state index in [9.17, 15) is 10.2 Å². The minimum atomic E-state index is -0.816. The molecule has 0 fully saturated rings. The summed E-state index contributed by atoms with van der Waals surface area (Å²) < 4.78 is 0. The van der Waals surface area contributed by atoms with E-state index in [1.807, 2.05) is 0 Å². The van der Waals surface area contributed by atoms with Crippen molar-refractivity contribution in [3.05, 3.63) is 23.8 Å². The maximum absolute atomic E-state index is 9.68. The molecule has 5 N–H and O–H groups in total. The van der Waals surface area contributed by atoms with Gasteiger partial charge in [-0.3, -0.25) is 0 Å². The van der Waals surface area contributed by atoms with Crippen LogP contribution in [-0.4, -0.2) is 39.2 Å². The maximum atomic E-state index is 9.68. The molecule has 0 bridgehead atoms. The van der Waals surface area contributed by atoms with Crippen molar-refractivity contribution in [2.45, 2.75) is 25.4 Å².